The molecule has 0 aliphatic carbocycles. The number of carbonyl (C=O) groups is 1. The minimum Gasteiger partial charge on any atom is -0.379 e. The van der Waals surface area contributed by atoms with Crippen LogP contribution in [0.25, 0.3) is 6.08 Å². The largest absolute Gasteiger partial charge is 0.379 e. The summed E-state index contributed by atoms with van der Waals surface area (Å²) in [5.41, 5.74) is 0.496. The zero-order valence-electron chi connectivity index (χ0n) is 10.3. The second-order valence-electron chi connectivity index (χ2n) is 4.83. The zero-order chi connectivity index (χ0) is 12.9. The Balaban J connectivity index is 2.58. The van der Waals surface area contributed by atoms with E-state index in [2.05, 4.69) is 10.3 Å². The summed E-state index contributed by atoms with van der Waals surface area (Å²) in [7, 11) is 0. The number of aliphatic hydroxyl groups excluding tert-OH is 1. The van der Waals surface area contributed by atoms with Crippen LogP contribution in [-0.4, -0.2) is 27.6 Å². The third-order valence-electron chi connectivity index (χ3n) is 1.92. The van der Waals surface area contributed by atoms with Crippen LogP contribution in [0.3, 0.4) is 0 Å². The van der Waals surface area contributed by atoms with Crippen molar-refractivity contribution in [2.45, 2.75) is 32.4 Å². The van der Waals surface area contributed by atoms with Gasteiger partial charge in [0, 0.05) is 17.9 Å². The van der Waals surface area contributed by atoms with Crippen LogP contribution in [0.5, 0.6) is 0 Å². The van der Waals surface area contributed by atoms with Gasteiger partial charge < -0.3 is 10.4 Å². The topological polar surface area (TPSA) is 62.2 Å². The van der Waals surface area contributed by atoms with E-state index in [1.807, 2.05) is 26.8 Å². The van der Waals surface area contributed by atoms with Crippen LogP contribution in [0, 0.1) is 0 Å². The van der Waals surface area contributed by atoms with Crippen LogP contribution < -0.4 is 5.32 Å². The number of carbonyl (C=O) groups excluding carboxylic acids is 1. The average Bonchev–Trinajstić information content (AvgIpc) is 2.25. The molecule has 0 saturated heterocycles. The lowest BCUT2D eigenvalue weighted by Gasteiger charge is -2.21. The van der Waals surface area contributed by atoms with Crippen molar-refractivity contribution in [3.8, 4) is 0 Å². The number of hydrogen-bond acceptors (Lipinski definition) is 3. The molecule has 1 atom stereocenters. The molecule has 17 heavy (non-hydrogen) atoms. The molecule has 1 amide bonds. The van der Waals surface area contributed by atoms with Gasteiger partial charge in [-0.25, -0.2) is 0 Å². The second-order valence-corrected chi connectivity index (χ2v) is 4.83. The van der Waals surface area contributed by atoms with Gasteiger partial charge in [0.2, 0.25) is 0 Å². The van der Waals surface area contributed by atoms with Crippen LogP contribution in [0.2, 0.25) is 0 Å². The maximum absolute atomic E-state index is 11.6. The molecule has 1 heterocycles. The summed E-state index contributed by atoms with van der Waals surface area (Å²) in [5, 5.41) is 12.3. The lowest BCUT2D eigenvalue weighted by Crippen LogP contribution is -2.45. The molecule has 0 saturated carbocycles. The molecule has 0 unspecified atom stereocenters. The number of nitrogens with one attached hydrogen (secondary N) is 1. The predicted molar refractivity (Wildman–Crippen MR) is 67.2 cm³/mol. The summed E-state index contributed by atoms with van der Waals surface area (Å²) < 4.78 is 0. The molecule has 4 heteroatoms. The second kappa shape index (κ2) is 5.59. The molecule has 0 bridgehead atoms. The first kappa shape index (κ1) is 13.4. The van der Waals surface area contributed by atoms with Crippen LogP contribution in [-0.2, 0) is 4.79 Å². The molecule has 1 rings (SSSR count). The van der Waals surface area contributed by atoms with Gasteiger partial charge in [0.1, 0.15) is 0 Å². The normalized spacial score (nSPS) is 13.6. The molecule has 4 nitrogen and oxygen atoms in total. The number of aromatic nitrogens is 1. The van der Waals surface area contributed by atoms with E-state index in [9.17, 15) is 9.90 Å². The third-order valence-corrected chi connectivity index (χ3v) is 1.92. The molecule has 0 fully saturated rings. The van der Waals surface area contributed by atoms with E-state index in [0.29, 0.717) is 0 Å². The Morgan fingerprint density at radius 2 is 2.24 bits per heavy atom. The van der Waals surface area contributed by atoms with E-state index in [1.54, 1.807) is 24.5 Å². The first-order valence-electron chi connectivity index (χ1n) is 5.47. The van der Waals surface area contributed by atoms with Crippen molar-refractivity contribution < 1.29 is 9.90 Å². The molecule has 1 aromatic heterocycles. The van der Waals surface area contributed by atoms with E-state index in [1.165, 1.54) is 6.08 Å². The SMILES string of the molecule is CC(C)(C)NC(=O)[C@@H](O)/C=C/c1cccnc1. The Hall–Kier alpha value is -1.68. The van der Waals surface area contributed by atoms with Gasteiger partial charge >= 0.3 is 0 Å². The van der Waals surface area contributed by atoms with Crippen molar-refractivity contribution in [3.05, 3.63) is 36.2 Å². The van der Waals surface area contributed by atoms with Crippen LogP contribution in [0.15, 0.2) is 30.6 Å². The van der Waals surface area contributed by atoms with E-state index in [4.69, 9.17) is 0 Å². The average molecular weight is 234 g/mol. The summed E-state index contributed by atoms with van der Waals surface area (Å²) in [4.78, 5) is 15.5. The Morgan fingerprint density at radius 1 is 1.53 bits per heavy atom. The van der Waals surface area contributed by atoms with Crippen molar-refractivity contribution in [1.29, 1.82) is 0 Å². The van der Waals surface area contributed by atoms with Crippen molar-refractivity contribution in [2.75, 3.05) is 0 Å². The highest BCUT2D eigenvalue weighted by molar-refractivity contribution is 5.83. The molecular formula is C13H18N2O2. The van der Waals surface area contributed by atoms with Gasteiger partial charge in [-0.2, -0.15) is 0 Å². The van der Waals surface area contributed by atoms with Gasteiger partial charge in [-0.15, -0.1) is 0 Å². The van der Waals surface area contributed by atoms with Crippen molar-refractivity contribution in [1.82, 2.24) is 10.3 Å². The summed E-state index contributed by atoms with van der Waals surface area (Å²) in [6, 6.07) is 3.64. The Morgan fingerprint density at radius 3 is 2.76 bits per heavy atom. The fraction of sp³-hybridized carbons (Fsp3) is 0.385. The van der Waals surface area contributed by atoms with Gasteiger partial charge in [-0.1, -0.05) is 12.1 Å². The van der Waals surface area contributed by atoms with Gasteiger partial charge in [0.25, 0.3) is 5.91 Å². The van der Waals surface area contributed by atoms with E-state index in [-0.39, 0.29) is 5.54 Å². The fourth-order valence-electron chi connectivity index (χ4n) is 1.21. The number of hydrogen-bond donors (Lipinski definition) is 2. The van der Waals surface area contributed by atoms with Gasteiger partial charge in [-0.3, -0.25) is 9.78 Å². The van der Waals surface area contributed by atoms with E-state index in [0.717, 1.165) is 5.56 Å². The highest BCUT2D eigenvalue weighted by atomic mass is 16.3. The molecule has 0 radical (unpaired) electrons. The van der Waals surface area contributed by atoms with E-state index >= 15 is 0 Å². The highest BCUT2D eigenvalue weighted by Crippen LogP contribution is 2.03. The standard InChI is InChI=1S/C13H18N2O2/c1-13(2,3)15-12(17)11(16)7-6-10-5-4-8-14-9-10/h4-9,11,16H,1-3H3,(H,15,17)/b7-6+/t11-/m0/s1. The van der Waals surface area contributed by atoms with E-state index < -0.39 is 12.0 Å². The predicted octanol–water partition coefficient (Wildman–Crippen LogP) is 1.37. The lowest BCUT2D eigenvalue weighted by atomic mass is 10.1. The minimum atomic E-state index is -1.14. The molecule has 0 spiro atoms. The number of rotatable bonds is 3. The first-order valence-corrected chi connectivity index (χ1v) is 5.47. The number of pyridine rings is 1. The fourth-order valence-corrected chi connectivity index (χ4v) is 1.21. The molecule has 2 N–H and O–H groups in total. The molecule has 0 aliphatic rings. The quantitative estimate of drug-likeness (QED) is 0.830. The maximum atomic E-state index is 11.6. The van der Waals surface area contributed by atoms with Crippen LogP contribution in [0.1, 0.15) is 26.3 Å². The first-order chi connectivity index (χ1) is 7.88. The summed E-state index contributed by atoms with van der Waals surface area (Å²) in [6.07, 6.45) is 5.29. The summed E-state index contributed by atoms with van der Waals surface area (Å²) in [5.74, 6) is -0.405. The summed E-state index contributed by atoms with van der Waals surface area (Å²) >= 11 is 0. The number of nitrogens with zero attached hydrogens (tertiary/aromatic N) is 1. The molecule has 92 valence electrons. The molecule has 0 aromatic carbocycles. The third kappa shape index (κ3) is 5.26. The Kier molecular flexibility index (Phi) is 4.40. The number of aliphatic hydroxyl groups is 1. The van der Waals surface area contributed by atoms with Crippen LogP contribution >= 0.6 is 0 Å². The maximum Gasteiger partial charge on any atom is 0.253 e. The molecule has 0 aliphatic heterocycles. The Labute approximate surface area is 101 Å². The smallest absolute Gasteiger partial charge is 0.253 e. The lowest BCUT2D eigenvalue weighted by molar-refractivity contribution is -0.128. The van der Waals surface area contributed by atoms with Gasteiger partial charge in [-0.05, 0) is 38.5 Å². The van der Waals surface area contributed by atoms with Crippen molar-refractivity contribution in [3.63, 3.8) is 0 Å². The van der Waals surface area contributed by atoms with Crippen LogP contribution in [0.4, 0.5) is 0 Å². The molecular weight excluding hydrogens is 216 g/mol. The van der Waals surface area contributed by atoms with Crippen molar-refractivity contribution in [2.24, 2.45) is 0 Å². The zero-order valence-corrected chi connectivity index (χ0v) is 10.3. The number of amides is 1. The minimum absolute atomic E-state index is 0.347. The van der Waals surface area contributed by atoms with Gasteiger partial charge in [0.15, 0.2) is 6.10 Å². The molecule has 1 aromatic rings. The summed E-state index contributed by atoms with van der Waals surface area (Å²) in [6.45, 7) is 5.59. The highest BCUT2D eigenvalue weighted by Gasteiger charge is 2.18. The van der Waals surface area contributed by atoms with Crippen molar-refractivity contribution >= 4 is 12.0 Å². The monoisotopic (exact) mass is 234 g/mol. The Bertz CT molecular complexity index is 394. The van der Waals surface area contributed by atoms with Gasteiger partial charge in [0.05, 0.1) is 0 Å².